The first kappa shape index (κ1) is 17.9. The minimum Gasteiger partial charge on any atom is -0.494 e. The summed E-state index contributed by atoms with van der Waals surface area (Å²) in [6, 6.07) is 13.2. The lowest BCUT2D eigenvalue weighted by Gasteiger charge is -2.10. The molecule has 0 aromatic heterocycles. The number of rotatable bonds is 9. The second kappa shape index (κ2) is 8.96. The molecular weight excluding hydrogens is 302 g/mol. The molecule has 0 heterocycles. The van der Waals surface area contributed by atoms with Crippen molar-refractivity contribution in [3.05, 3.63) is 53.6 Å². The normalized spacial score (nSPS) is 10.4. The highest BCUT2D eigenvalue weighted by Gasteiger charge is 2.07. The van der Waals surface area contributed by atoms with Gasteiger partial charge in [0.15, 0.2) is 5.78 Å². The van der Waals surface area contributed by atoms with E-state index in [2.05, 4.69) is 6.92 Å². The van der Waals surface area contributed by atoms with E-state index in [0.717, 1.165) is 18.6 Å². The average Bonchev–Trinajstić information content (AvgIpc) is 2.60. The van der Waals surface area contributed by atoms with Gasteiger partial charge in [-0.3, -0.25) is 4.79 Å². The van der Waals surface area contributed by atoms with Crippen LogP contribution in [0.2, 0.25) is 0 Å². The number of ketones is 1. The molecular formula is C20H25NO3. The molecule has 2 aromatic carbocycles. The summed E-state index contributed by atoms with van der Waals surface area (Å²) >= 11 is 0. The van der Waals surface area contributed by atoms with Gasteiger partial charge in [-0.15, -0.1) is 0 Å². The maximum atomic E-state index is 11.6. The van der Waals surface area contributed by atoms with E-state index in [1.165, 1.54) is 5.56 Å². The molecule has 2 aromatic rings. The fourth-order valence-electron chi connectivity index (χ4n) is 2.27. The van der Waals surface area contributed by atoms with Crippen LogP contribution < -0.4 is 15.2 Å². The molecule has 0 fully saturated rings. The van der Waals surface area contributed by atoms with Crippen molar-refractivity contribution in [1.29, 1.82) is 0 Å². The van der Waals surface area contributed by atoms with Crippen LogP contribution in [0.1, 0.15) is 42.1 Å². The molecule has 0 spiro atoms. The minimum absolute atomic E-state index is 0.0847. The Balaban J connectivity index is 1.68. The van der Waals surface area contributed by atoms with Crippen LogP contribution in [0, 0.1) is 6.92 Å². The van der Waals surface area contributed by atoms with Crippen LogP contribution in [0.4, 0.5) is 5.69 Å². The summed E-state index contributed by atoms with van der Waals surface area (Å²) in [6.07, 6.45) is 2.25. The predicted molar refractivity (Wildman–Crippen MR) is 96.9 cm³/mol. The SMILES string of the molecule is CCC(=O)c1ccc(OCCCCOc2ccc(C)cc2)c(N)c1. The smallest absolute Gasteiger partial charge is 0.162 e. The monoisotopic (exact) mass is 327 g/mol. The van der Waals surface area contributed by atoms with Crippen molar-refractivity contribution in [3.63, 3.8) is 0 Å². The van der Waals surface area contributed by atoms with Gasteiger partial charge in [-0.1, -0.05) is 24.6 Å². The first-order chi connectivity index (χ1) is 11.6. The molecule has 0 radical (unpaired) electrons. The van der Waals surface area contributed by atoms with E-state index < -0.39 is 0 Å². The number of carbonyl (C=O) groups is 1. The largest absolute Gasteiger partial charge is 0.494 e. The zero-order valence-electron chi connectivity index (χ0n) is 14.4. The van der Waals surface area contributed by atoms with Crippen molar-refractivity contribution in [1.82, 2.24) is 0 Å². The Bertz CT molecular complexity index is 665. The molecule has 0 bridgehead atoms. The van der Waals surface area contributed by atoms with Gasteiger partial charge in [0.2, 0.25) is 0 Å². The van der Waals surface area contributed by atoms with Crippen LogP contribution >= 0.6 is 0 Å². The van der Waals surface area contributed by atoms with Gasteiger partial charge < -0.3 is 15.2 Å². The quantitative estimate of drug-likeness (QED) is 0.421. The first-order valence-electron chi connectivity index (χ1n) is 8.35. The van der Waals surface area contributed by atoms with Crippen molar-refractivity contribution in [2.24, 2.45) is 0 Å². The summed E-state index contributed by atoms with van der Waals surface area (Å²) in [5.41, 5.74) is 8.30. The van der Waals surface area contributed by atoms with Crippen molar-refractivity contribution in [2.45, 2.75) is 33.1 Å². The second-order valence-corrected chi connectivity index (χ2v) is 5.75. The van der Waals surface area contributed by atoms with E-state index in [1.54, 1.807) is 18.2 Å². The molecule has 4 nitrogen and oxygen atoms in total. The molecule has 2 rings (SSSR count). The Labute approximate surface area is 143 Å². The standard InChI is InChI=1S/C20H25NO3/c1-3-19(22)16-8-11-20(18(21)14-16)24-13-5-4-12-23-17-9-6-15(2)7-10-17/h6-11,14H,3-5,12-13,21H2,1-2H3. The maximum Gasteiger partial charge on any atom is 0.162 e. The summed E-state index contributed by atoms with van der Waals surface area (Å²) in [7, 11) is 0. The summed E-state index contributed by atoms with van der Waals surface area (Å²) in [6.45, 7) is 5.12. The molecule has 4 heteroatoms. The molecule has 0 saturated heterocycles. The van der Waals surface area contributed by atoms with E-state index in [4.69, 9.17) is 15.2 Å². The van der Waals surface area contributed by atoms with E-state index in [-0.39, 0.29) is 5.78 Å². The number of hydrogen-bond acceptors (Lipinski definition) is 4. The van der Waals surface area contributed by atoms with E-state index in [0.29, 0.717) is 36.6 Å². The highest BCUT2D eigenvalue weighted by atomic mass is 16.5. The molecule has 128 valence electrons. The number of anilines is 1. The fraction of sp³-hybridized carbons (Fsp3) is 0.350. The van der Waals surface area contributed by atoms with Crippen LogP contribution in [0.3, 0.4) is 0 Å². The molecule has 0 saturated carbocycles. The Hall–Kier alpha value is -2.49. The third-order valence-electron chi connectivity index (χ3n) is 3.74. The van der Waals surface area contributed by atoms with Crippen LogP contribution in [-0.2, 0) is 0 Å². The molecule has 24 heavy (non-hydrogen) atoms. The number of nitrogen functional groups attached to an aromatic ring is 1. The van der Waals surface area contributed by atoms with E-state index in [1.807, 2.05) is 31.2 Å². The van der Waals surface area contributed by atoms with Gasteiger partial charge in [-0.25, -0.2) is 0 Å². The second-order valence-electron chi connectivity index (χ2n) is 5.75. The molecule has 0 atom stereocenters. The number of carbonyl (C=O) groups excluding carboxylic acids is 1. The average molecular weight is 327 g/mol. The third kappa shape index (κ3) is 5.30. The Morgan fingerprint density at radius 2 is 1.67 bits per heavy atom. The molecule has 0 aliphatic carbocycles. The first-order valence-corrected chi connectivity index (χ1v) is 8.35. The molecule has 0 aliphatic heterocycles. The van der Waals surface area contributed by atoms with Gasteiger partial charge in [-0.2, -0.15) is 0 Å². The fourth-order valence-corrected chi connectivity index (χ4v) is 2.27. The predicted octanol–water partition coefficient (Wildman–Crippen LogP) is 4.41. The van der Waals surface area contributed by atoms with Crippen molar-refractivity contribution < 1.29 is 14.3 Å². The van der Waals surface area contributed by atoms with E-state index >= 15 is 0 Å². The van der Waals surface area contributed by atoms with Gasteiger partial charge in [0.05, 0.1) is 18.9 Å². The zero-order chi connectivity index (χ0) is 17.4. The van der Waals surface area contributed by atoms with Gasteiger partial charge in [0, 0.05) is 12.0 Å². The van der Waals surface area contributed by atoms with Crippen LogP contribution in [-0.4, -0.2) is 19.0 Å². The molecule has 0 amide bonds. The van der Waals surface area contributed by atoms with Gasteiger partial charge >= 0.3 is 0 Å². The summed E-state index contributed by atoms with van der Waals surface area (Å²) in [5.74, 6) is 1.60. The lowest BCUT2D eigenvalue weighted by Crippen LogP contribution is -2.05. The van der Waals surface area contributed by atoms with Crippen LogP contribution in [0.25, 0.3) is 0 Å². The number of aryl methyl sites for hydroxylation is 1. The summed E-state index contributed by atoms with van der Waals surface area (Å²) in [5, 5.41) is 0. The minimum atomic E-state index is 0.0847. The summed E-state index contributed by atoms with van der Waals surface area (Å²) < 4.78 is 11.4. The maximum absolute atomic E-state index is 11.6. The Morgan fingerprint density at radius 1 is 1.00 bits per heavy atom. The van der Waals surface area contributed by atoms with Gasteiger partial charge in [-0.05, 0) is 50.1 Å². The third-order valence-corrected chi connectivity index (χ3v) is 3.74. The number of Topliss-reactive ketones (excluding diaryl/α,β-unsaturated/α-hetero) is 1. The van der Waals surface area contributed by atoms with Crippen molar-refractivity contribution >= 4 is 11.5 Å². The van der Waals surface area contributed by atoms with Gasteiger partial charge in [0.1, 0.15) is 11.5 Å². The number of unbranched alkanes of at least 4 members (excludes halogenated alkanes) is 1. The van der Waals surface area contributed by atoms with Crippen LogP contribution in [0.5, 0.6) is 11.5 Å². The van der Waals surface area contributed by atoms with Gasteiger partial charge in [0.25, 0.3) is 0 Å². The Kier molecular flexibility index (Phi) is 6.67. The molecule has 2 N–H and O–H groups in total. The molecule has 0 unspecified atom stereocenters. The lowest BCUT2D eigenvalue weighted by atomic mass is 10.1. The van der Waals surface area contributed by atoms with Crippen molar-refractivity contribution in [3.8, 4) is 11.5 Å². The van der Waals surface area contributed by atoms with Crippen LogP contribution in [0.15, 0.2) is 42.5 Å². The number of ether oxygens (including phenoxy) is 2. The number of benzene rings is 2. The summed E-state index contributed by atoms with van der Waals surface area (Å²) in [4.78, 5) is 11.6. The van der Waals surface area contributed by atoms with E-state index in [9.17, 15) is 4.79 Å². The molecule has 0 aliphatic rings. The number of hydrogen-bond donors (Lipinski definition) is 1. The number of nitrogens with two attached hydrogens (primary N) is 1. The lowest BCUT2D eigenvalue weighted by molar-refractivity contribution is 0.0988. The topological polar surface area (TPSA) is 61.5 Å². The highest BCUT2D eigenvalue weighted by Crippen LogP contribution is 2.23. The van der Waals surface area contributed by atoms with Crippen molar-refractivity contribution in [2.75, 3.05) is 18.9 Å². The zero-order valence-corrected chi connectivity index (χ0v) is 14.4. The Morgan fingerprint density at radius 3 is 2.29 bits per heavy atom. The highest BCUT2D eigenvalue weighted by molar-refractivity contribution is 5.97.